The van der Waals surface area contributed by atoms with Crippen LogP contribution in [0.5, 0.6) is 0 Å². The van der Waals surface area contributed by atoms with Gasteiger partial charge in [-0.15, -0.1) is 0 Å². The number of imidazole rings is 1. The maximum Gasteiger partial charge on any atom is 0.326 e. The number of amides is 3. The van der Waals surface area contributed by atoms with Crippen LogP contribution < -0.4 is 21.7 Å². The number of hydrogen-bond acceptors (Lipinski definition) is 7. The number of fused-ring (bicyclic) bond motifs is 1. The van der Waals surface area contributed by atoms with Gasteiger partial charge in [-0.3, -0.25) is 19.2 Å². The number of nitrogens with two attached hydrogens (primary N) is 1. The highest BCUT2D eigenvalue weighted by Gasteiger charge is 2.31. The lowest BCUT2D eigenvalue weighted by Gasteiger charge is -2.25. The second kappa shape index (κ2) is 14.8. The van der Waals surface area contributed by atoms with Gasteiger partial charge < -0.3 is 41.9 Å². The lowest BCUT2D eigenvalue weighted by atomic mass is 10.0. The number of aromatic nitrogens is 3. The zero-order valence-electron chi connectivity index (χ0n) is 23.4. The summed E-state index contributed by atoms with van der Waals surface area (Å²) in [5.41, 5.74) is 7.94. The summed E-state index contributed by atoms with van der Waals surface area (Å²) < 4.78 is 0. The Hall–Kier alpha value is -4.72. The Bertz CT molecular complexity index is 1390. The van der Waals surface area contributed by atoms with Crippen LogP contribution in [0.3, 0.4) is 0 Å². The summed E-state index contributed by atoms with van der Waals surface area (Å²) >= 11 is 0. The van der Waals surface area contributed by atoms with Crippen molar-refractivity contribution < 1.29 is 34.2 Å². The second-order valence-electron chi connectivity index (χ2n) is 10.5. The fourth-order valence-corrected chi connectivity index (χ4v) is 4.48. The highest BCUT2D eigenvalue weighted by molar-refractivity contribution is 5.95. The van der Waals surface area contributed by atoms with Gasteiger partial charge in [0.05, 0.1) is 12.4 Å². The van der Waals surface area contributed by atoms with Crippen molar-refractivity contribution in [1.82, 2.24) is 30.9 Å². The Balaban J connectivity index is 1.86. The van der Waals surface area contributed by atoms with Crippen molar-refractivity contribution in [3.63, 3.8) is 0 Å². The van der Waals surface area contributed by atoms with E-state index in [1.54, 1.807) is 6.20 Å². The normalized spacial score (nSPS) is 14.1. The number of H-pyrrole nitrogens is 2. The summed E-state index contributed by atoms with van der Waals surface area (Å²) in [5, 5.41) is 27.2. The molecule has 3 amide bonds. The van der Waals surface area contributed by atoms with Crippen molar-refractivity contribution >= 4 is 40.6 Å². The molecule has 2 heterocycles. The predicted octanol–water partition coefficient (Wildman–Crippen LogP) is 0.453. The van der Waals surface area contributed by atoms with Gasteiger partial charge in [0.2, 0.25) is 17.7 Å². The third kappa shape index (κ3) is 9.16. The Morgan fingerprint density at radius 1 is 0.905 bits per heavy atom. The van der Waals surface area contributed by atoms with Crippen LogP contribution in [0.4, 0.5) is 0 Å². The summed E-state index contributed by atoms with van der Waals surface area (Å²) in [7, 11) is 0. The number of carboxylic acid groups (broad SMARTS) is 2. The number of carbonyl (C=O) groups is 5. The molecule has 2 aromatic heterocycles. The fourth-order valence-electron chi connectivity index (χ4n) is 4.48. The number of carbonyl (C=O) groups excluding carboxylic acids is 3. The molecule has 14 heteroatoms. The molecule has 0 radical (unpaired) electrons. The molecule has 226 valence electrons. The third-order valence-electron chi connectivity index (χ3n) is 6.67. The molecule has 3 aromatic rings. The maximum atomic E-state index is 13.7. The van der Waals surface area contributed by atoms with Gasteiger partial charge in [0.15, 0.2) is 0 Å². The van der Waals surface area contributed by atoms with E-state index in [1.165, 1.54) is 12.5 Å². The molecule has 42 heavy (non-hydrogen) atoms. The van der Waals surface area contributed by atoms with Crippen LogP contribution in [-0.2, 0) is 36.8 Å². The first kappa shape index (κ1) is 31.8. The molecule has 0 saturated heterocycles. The SMILES string of the molecule is CC(C)CC(NC(=O)C(Cc1cnc[nH]1)NC(=O)C(Cc1c[nH]c2ccccc12)NC(=O)C(N)CCC(=O)O)C(=O)O. The summed E-state index contributed by atoms with van der Waals surface area (Å²) in [5.74, 6) is -4.50. The average molecular weight is 584 g/mol. The van der Waals surface area contributed by atoms with Crippen molar-refractivity contribution in [2.24, 2.45) is 11.7 Å². The molecule has 3 rings (SSSR count). The van der Waals surface area contributed by atoms with Gasteiger partial charge in [0, 0.05) is 48.3 Å². The minimum Gasteiger partial charge on any atom is -0.481 e. The monoisotopic (exact) mass is 583 g/mol. The number of aliphatic carboxylic acids is 2. The van der Waals surface area contributed by atoms with Gasteiger partial charge in [0.25, 0.3) is 0 Å². The molecular weight excluding hydrogens is 546 g/mol. The molecule has 4 atom stereocenters. The van der Waals surface area contributed by atoms with Gasteiger partial charge in [-0.2, -0.15) is 0 Å². The minimum atomic E-state index is -1.21. The van der Waals surface area contributed by atoms with Crippen LogP contribution >= 0.6 is 0 Å². The number of hydrogen-bond donors (Lipinski definition) is 8. The van der Waals surface area contributed by atoms with Gasteiger partial charge in [0.1, 0.15) is 18.1 Å². The lowest BCUT2D eigenvalue weighted by Crippen LogP contribution is -2.58. The highest BCUT2D eigenvalue weighted by Crippen LogP contribution is 2.19. The number of nitrogens with one attached hydrogen (secondary N) is 5. The Morgan fingerprint density at radius 2 is 1.55 bits per heavy atom. The topological polar surface area (TPSA) is 232 Å². The molecule has 14 nitrogen and oxygen atoms in total. The first-order valence-electron chi connectivity index (χ1n) is 13.6. The number of para-hydroxylation sites is 1. The van der Waals surface area contributed by atoms with Crippen molar-refractivity contribution in [3.05, 3.63) is 54.2 Å². The summed E-state index contributed by atoms with van der Waals surface area (Å²) in [6, 6.07) is 2.61. The largest absolute Gasteiger partial charge is 0.481 e. The number of nitrogens with zero attached hydrogens (tertiary/aromatic N) is 1. The smallest absolute Gasteiger partial charge is 0.326 e. The summed E-state index contributed by atoms with van der Waals surface area (Å²) in [4.78, 5) is 72.5. The summed E-state index contributed by atoms with van der Waals surface area (Å²) in [6.07, 6.45) is 4.29. The van der Waals surface area contributed by atoms with E-state index in [0.717, 1.165) is 10.9 Å². The zero-order valence-corrected chi connectivity index (χ0v) is 23.4. The lowest BCUT2D eigenvalue weighted by molar-refractivity contribution is -0.143. The van der Waals surface area contributed by atoms with Gasteiger partial charge in [-0.1, -0.05) is 32.0 Å². The Kier molecular flexibility index (Phi) is 11.2. The molecule has 0 bridgehead atoms. The Labute approximate surface area is 241 Å². The van der Waals surface area contributed by atoms with E-state index in [9.17, 15) is 29.1 Å². The van der Waals surface area contributed by atoms with Crippen molar-refractivity contribution in [3.8, 4) is 0 Å². The summed E-state index contributed by atoms with van der Waals surface area (Å²) in [6.45, 7) is 3.65. The van der Waals surface area contributed by atoms with Crippen LogP contribution in [0.25, 0.3) is 10.9 Å². The minimum absolute atomic E-state index is 0.0202. The maximum absolute atomic E-state index is 13.7. The van der Waals surface area contributed by atoms with E-state index in [1.807, 2.05) is 38.1 Å². The molecule has 0 saturated carbocycles. The van der Waals surface area contributed by atoms with Crippen molar-refractivity contribution in [2.75, 3.05) is 0 Å². The molecule has 0 aliphatic carbocycles. The van der Waals surface area contributed by atoms with Crippen molar-refractivity contribution in [2.45, 2.75) is 70.1 Å². The number of benzene rings is 1. The third-order valence-corrected chi connectivity index (χ3v) is 6.67. The molecule has 4 unspecified atom stereocenters. The molecule has 0 fully saturated rings. The van der Waals surface area contributed by atoms with Crippen LogP contribution in [0.15, 0.2) is 43.0 Å². The molecule has 9 N–H and O–H groups in total. The van der Waals surface area contributed by atoms with E-state index in [0.29, 0.717) is 11.3 Å². The van der Waals surface area contributed by atoms with Crippen LogP contribution in [-0.4, -0.2) is 79.0 Å². The van der Waals surface area contributed by atoms with E-state index in [4.69, 9.17) is 10.8 Å². The number of aromatic amines is 2. The van der Waals surface area contributed by atoms with E-state index < -0.39 is 53.8 Å². The average Bonchev–Trinajstić information content (AvgIpc) is 3.60. The molecular formula is C28H37N7O7. The number of carboxylic acids is 2. The van der Waals surface area contributed by atoms with Gasteiger partial charge in [-0.25, -0.2) is 9.78 Å². The molecule has 0 spiro atoms. The van der Waals surface area contributed by atoms with Crippen LogP contribution in [0, 0.1) is 5.92 Å². The first-order valence-corrected chi connectivity index (χ1v) is 13.6. The van der Waals surface area contributed by atoms with E-state index >= 15 is 0 Å². The molecule has 0 aliphatic rings. The van der Waals surface area contributed by atoms with Gasteiger partial charge >= 0.3 is 11.9 Å². The van der Waals surface area contributed by atoms with Gasteiger partial charge in [-0.05, 0) is 30.4 Å². The Morgan fingerprint density at radius 3 is 2.17 bits per heavy atom. The zero-order chi connectivity index (χ0) is 30.8. The first-order chi connectivity index (χ1) is 19.9. The molecule has 1 aromatic carbocycles. The van der Waals surface area contributed by atoms with E-state index in [2.05, 4.69) is 30.9 Å². The highest BCUT2D eigenvalue weighted by atomic mass is 16.4. The number of rotatable bonds is 16. The molecule has 0 aliphatic heterocycles. The second-order valence-corrected chi connectivity index (χ2v) is 10.5. The van der Waals surface area contributed by atoms with Crippen LogP contribution in [0.1, 0.15) is 44.4 Å². The van der Waals surface area contributed by atoms with E-state index in [-0.39, 0.29) is 38.0 Å². The fraction of sp³-hybridized carbons (Fsp3) is 0.429. The standard InChI is InChI=1S/C28H37N7O7/c1-15(2)9-23(28(41)42)35-27(40)22(11-17-13-30-14-32-17)34-26(39)21(33-25(38)19(29)7-8-24(36)37)10-16-12-31-20-6-4-3-5-18(16)20/h3-6,12-15,19,21-23,31H,7-11,29H2,1-2H3,(H,30,32)(H,33,38)(H,34,39)(H,35,40)(H,36,37)(H,41,42). The quantitative estimate of drug-likeness (QED) is 0.117. The van der Waals surface area contributed by atoms with Crippen LogP contribution in [0.2, 0.25) is 0 Å². The van der Waals surface area contributed by atoms with Crippen molar-refractivity contribution in [1.29, 1.82) is 0 Å². The predicted molar refractivity (Wildman–Crippen MR) is 152 cm³/mol.